The fourth-order valence-electron chi connectivity index (χ4n) is 2.15. The van der Waals surface area contributed by atoms with E-state index in [1.54, 1.807) is 18.2 Å². The lowest BCUT2D eigenvalue weighted by Gasteiger charge is -2.12. The summed E-state index contributed by atoms with van der Waals surface area (Å²) in [5, 5.41) is 8.48. The number of benzene rings is 1. The monoisotopic (exact) mass is 351 g/mol. The van der Waals surface area contributed by atoms with Crippen molar-refractivity contribution in [2.75, 3.05) is 20.3 Å². The molecule has 1 aromatic carbocycles. The molecule has 0 bridgehead atoms. The first-order valence-corrected chi connectivity index (χ1v) is 8.06. The van der Waals surface area contributed by atoms with Crippen LogP contribution in [0, 0.1) is 0 Å². The molecule has 0 aliphatic carbocycles. The standard InChI is InChI=1S/C16H17NO6S/c1-3-7-17-15(20)12(24-16(17)21)8-10-5-4-6-11(22-2)14(10)23-9-13(18)19/h4-6,8H,3,7,9H2,1-2H3,(H,18,19)/b12-8+. The lowest BCUT2D eigenvalue weighted by atomic mass is 10.1. The SMILES string of the molecule is CCCN1C(=O)S/C(=C/c2cccc(OC)c2OCC(=O)O)C1=O. The Balaban J connectivity index is 2.36. The van der Waals surface area contributed by atoms with Crippen LogP contribution in [0.2, 0.25) is 0 Å². The van der Waals surface area contributed by atoms with Crippen molar-refractivity contribution < 1.29 is 29.0 Å². The normalized spacial score (nSPS) is 15.9. The van der Waals surface area contributed by atoms with E-state index < -0.39 is 12.6 Å². The third kappa shape index (κ3) is 3.88. The van der Waals surface area contributed by atoms with Crippen LogP contribution in [0.1, 0.15) is 18.9 Å². The van der Waals surface area contributed by atoms with Gasteiger partial charge in [0.1, 0.15) is 0 Å². The molecule has 1 aromatic rings. The number of methoxy groups -OCH3 is 1. The minimum atomic E-state index is -1.13. The van der Waals surface area contributed by atoms with Crippen LogP contribution in [0.15, 0.2) is 23.1 Å². The van der Waals surface area contributed by atoms with Crippen molar-refractivity contribution in [3.8, 4) is 11.5 Å². The number of ether oxygens (including phenoxy) is 2. The van der Waals surface area contributed by atoms with Crippen molar-refractivity contribution >= 4 is 35.0 Å². The van der Waals surface area contributed by atoms with Gasteiger partial charge in [0, 0.05) is 12.1 Å². The van der Waals surface area contributed by atoms with Gasteiger partial charge in [-0.25, -0.2) is 4.79 Å². The van der Waals surface area contributed by atoms with Gasteiger partial charge in [-0.1, -0.05) is 19.1 Å². The third-order valence-corrected chi connectivity index (χ3v) is 4.08. The summed E-state index contributed by atoms with van der Waals surface area (Å²) in [5.41, 5.74) is 0.470. The Morgan fingerprint density at radius 1 is 1.38 bits per heavy atom. The lowest BCUT2D eigenvalue weighted by Crippen LogP contribution is -2.28. The van der Waals surface area contributed by atoms with E-state index in [1.165, 1.54) is 18.1 Å². The van der Waals surface area contributed by atoms with E-state index in [2.05, 4.69) is 0 Å². The number of imide groups is 1. The first-order chi connectivity index (χ1) is 11.5. The molecule has 0 radical (unpaired) electrons. The molecule has 7 nitrogen and oxygen atoms in total. The van der Waals surface area contributed by atoms with Crippen molar-refractivity contribution in [2.24, 2.45) is 0 Å². The molecule has 0 atom stereocenters. The van der Waals surface area contributed by atoms with Crippen LogP contribution in [0.4, 0.5) is 4.79 Å². The molecule has 128 valence electrons. The second-order valence-corrected chi connectivity index (χ2v) is 5.89. The molecule has 1 aliphatic heterocycles. The molecule has 1 N–H and O–H groups in total. The fourth-order valence-corrected chi connectivity index (χ4v) is 3.01. The Labute approximate surface area is 143 Å². The Morgan fingerprint density at radius 2 is 2.12 bits per heavy atom. The molecule has 0 saturated carbocycles. The first-order valence-electron chi connectivity index (χ1n) is 7.24. The zero-order valence-electron chi connectivity index (χ0n) is 13.3. The molecular formula is C16H17NO6S. The highest BCUT2D eigenvalue weighted by Crippen LogP contribution is 2.37. The van der Waals surface area contributed by atoms with Gasteiger partial charge >= 0.3 is 5.97 Å². The second-order valence-electron chi connectivity index (χ2n) is 4.89. The molecule has 0 aromatic heterocycles. The van der Waals surface area contributed by atoms with Crippen LogP contribution in [0.3, 0.4) is 0 Å². The number of carboxylic acids is 1. The van der Waals surface area contributed by atoms with Crippen LogP contribution in [-0.2, 0) is 9.59 Å². The van der Waals surface area contributed by atoms with Gasteiger partial charge in [0.2, 0.25) is 0 Å². The number of amides is 2. The highest BCUT2D eigenvalue weighted by molar-refractivity contribution is 8.18. The number of para-hydroxylation sites is 1. The molecule has 2 rings (SSSR count). The van der Waals surface area contributed by atoms with Gasteiger partial charge in [-0.05, 0) is 30.3 Å². The molecule has 1 fully saturated rings. The number of hydrogen-bond donors (Lipinski definition) is 1. The van der Waals surface area contributed by atoms with Crippen molar-refractivity contribution in [1.29, 1.82) is 0 Å². The molecule has 0 spiro atoms. The molecule has 0 unspecified atom stereocenters. The average molecular weight is 351 g/mol. The van der Waals surface area contributed by atoms with E-state index >= 15 is 0 Å². The van der Waals surface area contributed by atoms with Gasteiger partial charge in [-0.15, -0.1) is 0 Å². The number of rotatable bonds is 7. The summed E-state index contributed by atoms with van der Waals surface area (Å²) >= 11 is 0.849. The molecule has 1 heterocycles. The van der Waals surface area contributed by atoms with E-state index in [-0.39, 0.29) is 21.8 Å². The topological polar surface area (TPSA) is 93.1 Å². The van der Waals surface area contributed by atoms with E-state index in [0.717, 1.165) is 11.8 Å². The highest BCUT2D eigenvalue weighted by Gasteiger charge is 2.34. The van der Waals surface area contributed by atoms with Crippen molar-refractivity contribution in [3.63, 3.8) is 0 Å². The van der Waals surface area contributed by atoms with Gasteiger partial charge in [-0.3, -0.25) is 14.5 Å². The van der Waals surface area contributed by atoms with Crippen LogP contribution in [0.5, 0.6) is 11.5 Å². The predicted molar refractivity (Wildman–Crippen MR) is 89.1 cm³/mol. The lowest BCUT2D eigenvalue weighted by molar-refractivity contribution is -0.139. The first kappa shape index (κ1) is 17.9. The Hall–Kier alpha value is -2.48. The second kappa shape index (κ2) is 7.87. The van der Waals surface area contributed by atoms with Crippen LogP contribution < -0.4 is 9.47 Å². The van der Waals surface area contributed by atoms with E-state index in [9.17, 15) is 14.4 Å². The summed E-state index contributed by atoms with van der Waals surface area (Å²) in [6.07, 6.45) is 2.19. The number of aliphatic carboxylic acids is 1. The molecule has 1 aliphatic rings. The summed E-state index contributed by atoms with van der Waals surface area (Å²) < 4.78 is 10.5. The summed E-state index contributed by atoms with van der Waals surface area (Å²) in [4.78, 5) is 36.4. The molecule has 2 amide bonds. The van der Waals surface area contributed by atoms with Gasteiger partial charge in [0.15, 0.2) is 18.1 Å². The number of hydrogen-bond acceptors (Lipinski definition) is 6. The van der Waals surface area contributed by atoms with Crippen LogP contribution >= 0.6 is 11.8 Å². The molecular weight excluding hydrogens is 334 g/mol. The fraction of sp³-hybridized carbons (Fsp3) is 0.312. The Kier molecular flexibility index (Phi) is 5.86. The van der Waals surface area contributed by atoms with Crippen LogP contribution in [-0.4, -0.2) is 47.4 Å². The molecule has 1 saturated heterocycles. The number of carbonyl (C=O) groups is 3. The number of nitrogens with zero attached hydrogens (tertiary/aromatic N) is 1. The molecule has 8 heteroatoms. The van der Waals surface area contributed by atoms with E-state index in [4.69, 9.17) is 14.6 Å². The number of carboxylic acid groups (broad SMARTS) is 1. The summed E-state index contributed by atoms with van der Waals surface area (Å²) in [6.45, 7) is 1.70. The summed E-state index contributed by atoms with van der Waals surface area (Å²) in [7, 11) is 1.43. The zero-order chi connectivity index (χ0) is 17.7. The highest BCUT2D eigenvalue weighted by atomic mass is 32.2. The van der Waals surface area contributed by atoms with Gasteiger partial charge in [0.25, 0.3) is 11.1 Å². The Bertz CT molecular complexity index is 700. The van der Waals surface area contributed by atoms with Crippen LogP contribution in [0.25, 0.3) is 6.08 Å². The summed E-state index contributed by atoms with van der Waals surface area (Å²) in [6, 6.07) is 4.97. The van der Waals surface area contributed by atoms with E-state index in [0.29, 0.717) is 24.3 Å². The van der Waals surface area contributed by atoms with Gasteiger partial charge in [0.05, 0.1) is 12.0 Å². The zero-order valence-corrected chi connectivity index (χ0v) is 14.1. The third-order valence-electron chi connectivity index (χ3n) is 3.18. The molecule has 24 heavy (non-hydrogen) atoms. The smallest absolute Gasteiger partial charge is 0.341 e. The maximum Gasteiger partial charge on any atom is 0.341 e. The predicted octanol–water partition coefficient (Wildman–Crippen LogP) is 2.60. The largest absolute Gasteiger partial charge is 0.493 e. The van der Waals surface area contributed by atoms with Crippen molar-refractivity contribution in [1.82, 2.24) is 4.90 Å². The van der Waals surface area contributed by atoms with Crippen molar-refractivity contribution in [3.05, 3.63) is 28.7 Å². The van der Waals surface area contributed by atoms with E-state index in [1.807, 2.05) is 6.92 Å². The van der Waals surface area contributed by atoms with Gasteiger partial charge in [-0.2, -0.15) is 0 Å². The Morgan fingerprint density at radius 3 is 2.75 bits per heavy atom. The van der Waals surface area contributed by atoms with Crippen molar-refractivity contribution in [2.45, 2.75) is 13.3 Å². The minimum Gasteiger partial charge on any atom is -0.493 e. The quantitative estimate of drug-likeness (QED) is 0.755. The number of carbonyl (C=O) groups excluding carboxylic acids is 2. The summed E-state index contributed by atoms with van der Waals surface area (Å²) in [5.74, 6) is -0.934. The van der Waals surface area contributed by atoms with Gasteiger partial charge < -0.3 is 14.6 Å². The average Bonchev–Trinajstić information content (AvgIpc) is 2.81. The minimum absolute atomic E-state index is 0.213. The maximum atomic E-state index is 12.3. The number of thioether (sulfide) groups is 1. The maximum absolute atomic E-state index is 12.3.